The summed E-state index contributed by atoms with van der Waals surface area (Å²) >= 11 is 0. The molecule has 0 amide bonds. The molecule has 0 saturated heterocycles. The molecule has 1 heteroatoms. The number of fused-ring (bicyclic) bond motifs is 12. The Labute approximate surface area is 389 Å². The molecule has 0 spiro atoms. The highest BCUT2D eigenvalue weighted by atomic mass is 14.7. The molecule has 4 aliphatic carbocycles. The van der Waals surface area contributed by atoms with Gasteiger partial charge in [-0.05, 0) is 160 Å². The molecule has 1 heterocycles. The fourth-order valence-corrected chi connectivity index (χ4v) is 12.7. The highest BCUT2D eigenvalue weighted by Crippen LogP contribution is 2.55. The van der Waals surface area contributed by atoms with E-state index in [0.29, 0.717) is 0 Å². The van der Waals surface area contributed by atoms with Crippen LogP contribution in [0.5, 0.6) is 0 Å². The second-order valence-corrected chi connectivity index (χ2v) is 21.6. The van der Waals surface area contributed by atoms with Crippen LogP contribution >= 0.6 is 0 Å². The van der Waals surface area contributed by atoms with E-state index in [1.807, 2.05) is 0 Å². The zero-order valence-corrected chi connectivity index (χ0v) is 39.2. The van der Waals surface area contributed by atoms with E-state index in [9.17, 15) is 0 Å². The van der Waals surface area contributed by atoms with Crippen LogP contribution in [0, 0.1) is 0 Å². The first-order valence-corrected chi connectivity index (χ1v) is 23.8. The van der Waals surface area contributed by atoms with Crippen molar-refractivity contribution in [1.29, 1.82) is 0 Å². The second kappa shape index (κ2) is 13.3. The summed E-state index contributed by atoms with van der Waals surface area (Å²) in [5, 5.41) is 0. The lowest BCUT2D eigenvalue weighted by molar-refractivity contribution is 0.659. The van der Waals surface area contributed by atoms with E-state index in [4.69, 9.17) is 4.98 Å². The Hall–Kier alpha value is -7.09. The van der Waals surface area contributed by atoms with Gasteiger partial charge in [0.25, 0.3) is 0 Å². The third-order valence-electron chi connectivity index (χ3n) is 16.5. The summed E-state index contributed by atoms with van der Waals surface area (Å²) in [4.78, 5) is 5.31. The number of rotatable bonds is 4. The monoisotopic (exact) mass is 847 g/mol. The first kappa shape index (κ1) is 39.3. The van der Waals surface area contributed by atoms with Crippen molar-refractivity contribution in [2.45, 2.75) is 77.0 Å². The number of hydrogen-bond acceptors (Lipinski definition) is 1. The van der Waals surface area contributed by atoms with Crippen LogP contribution < -0.4 is 0 Å². The minimum absolute atomic E-state index is 0.0243. The Balaban J connectivity index is 0.796. The minimum Gasteiger partial charge on any atom is -0.248 e. The largest absolute Gasteiger partial charge is 0.248 e. The third kappa shape index (κ3) is 5.32. The lowest BCUT2D eigenvalue weighted by Crippen LogP contribution is -2.16. The Bertz CT molecular complexity index is 3590. The zero-order valence-electron chi connectivity index (χ0n) is 39.2. The number of aromatic nitrogens is 1. The highest BCUT2D eigenvalue weighted by molar-refractivity contribution is 5.90. The van der Waals surface area contributed by atoms with Crippen molar-refractivity contribution >= 4 is 0 Å². The molecule has 0 aliphatic heterocycles. The van der Waals surface area contributed by atoms with Gasteiger partial charge in [0.1, 0.15) is 0 Å². The molecule has 66 heavy (non-hydrogen) atoms. The van der Waals surface area contributed by atoms with E-state index in [2.05, 4.69) is 231 Å². The van der Waals surface area contributed by atoms with Crippen LogP contribution in [-0.4, -0.2) is 4.98 Å². The summed E-state index contributed by atoms with van der Waals surface area (Å²) in [5.74, 6) is 0. The van der Waals surface area contributed by atoms with Crippen molar-refractivity contribution in [2.75, 3.05) is 0 Å². The van der Waals surface area contributed by atoms with Crippen LogP contribution in [0.1, 0.15) is 99.9 Å². The molecule has 9 aromatic rings. The van der Waals surface area contributed by atoms with E-state index < -0.39 is 0 Å². The molecular weight excluding hydrogens is 795 g/mol. The number of pyridine rings is 1. The van der Waals surface area contributed by atoms with Crippen LogP contribution in [0.15, 0.2) is 176 Å². The summed E-state index contributed by atoms with van der Waals surface area (Å²) in [5.41, 5.74) is 30.9. The van der Waals surface area contributed by atoms with Gasteiger partial charge in [-0.2, -0.15) is 0 Å². The average Bonchev–Trinajstić information content (AvgIpc) is 3.90. The average molecular weight is 848 g/mol. The molecule has 0 unspecified atom stereocenters. The van der Waals surface area contributed by atoms with Crippen molar-refractivity contribution in [2.24, 2.45) is 0 Å². The maximum absolute atomic E-state index is 5.31. The van der Waals surface area contributed by atoms with E-state index in [0.717, 1.165) is 22.5 Å². The maximum Gasteiger partial charge on any atom is 0.0709 e. The number of hydrogen-bond donors (Lipinski definition) is 0. The molecule has 0 radical (unpaired) electrons. The molecule has 0 N–H and O–H groups in total. The molecule has 318 valence electrons. The van der Waals surface area contributed by atoms with E-state index in [1.165, 1.54) is 111 Å². The maximum atomic E-state index is 5.31. The van der Waals surface area contributed by atoms with Crippen molar-refractivity contribution in [3.63, 3.8) is 0 Å². The fourth-order valence-electron chi connectivity index (χ4n) is 12.7. The van der Waals surface area contributed by atoms with Gasteiger partial charge in [-0.3, -0.25) is 0 Å². The molecule has 1 nitrogen and oxygen atoms in total. The molecular formula is C65H53N. The van der Waals surface area contributed by atoms with Gasteiger partial charge >= 0.3 is 0 Å². The predicted molar refractivity (Wildman–Crippen MR) is 276 cm³/mol. The minimum atomic E-state index is -0.174. The molecule has 0 bridgehead atoms. The standard InChI is InChI=1S/C65H53N/c1-62(2)52-16-11-9-14-44(52)46-26-20-38(32-54(46)62)39-21-27-48-49-28-22-40(34-56(49)64(5,6)55(48)33-39)41-23-29-50-51-31-25-43(37-59(51)65(7,8)57(50)35-41)61-19-13-18-60(66-61)42-24-30-47-45-15-10-12-17-53(45)63(3,4)58(47)36-42/h9-37H,1-8H3. The lowest BCUT2D eigenvalue weighted by atomic mass is 9.79. The number of nitrogens with zero attached hydrogens (tertiary/aromatic N) is 1. The highest BCUT2D eigenvalue weighted by Gasteiger charge is 2.40. The molecule has 1 aromatic heterocycles. The van der Waals surface area contributed by atoms with Crippen LogP contribution in [0.4, 0.5) is 0 Å². The number of benzene rings is 8. The summed E-state index contributed by atoms with van der Waals surface area (Å²) < 4.78 is 0. The molecule has 4 aliphatic rings. The van der Waals surface area contributed by atoms with Gasteiger partial charge in [0, 0.05) is 32.8 Å². The van der Waals surface area contributed by atoms with Crippen molar-refractivity contribution in [3.05, 3.63) is 220 Å². The predicted octanol–water partition coefficient (Wildman–Crippen LogP) is 17.0. The van der Waals surface area contributed by atoms with Crippen LogP contribution in [-0.2, 0) is 21.7 Å². The van der Waals surface area contributed by atoms with Gasteiger partial charge in [-0.15, -0.1) is 0 Å². The van der Waals surface area contributed by atoms with E-state index in [-0.39, 0.29) is 21.7 Å². The Morgan fingerprint density at radius 3 is 0.788 bits per heavy atom. The van der Waals surface area contributed by atoms with Crippen molar-refractivity contribution < 1.29 is 0 Å². The second-order valence-electron chi connectivity index (χ2n) is 21.6. The van der Waals surface area contributed by atoms with Gasteiger partial charge in [0.05, 0.1) is 11.4 Å². The van der Waals surface area contributed by atoms with E-state index in [1.54, 1.807) is 0 Å². The van der Waals surface area contributed by atoms with Gasteiger partial charge in [-0.25, -0.2) is 4.98 Å². The zero-order chi connectivity index (χ0) is 45.1. The summed E-state index contributed by atoms with van der Waals surface area (Å²) in [6.07, 6.45) is 0. The van der Waals surface area contributed by atoms with Gasteiger partial charge in [0.15, 0.2) is 0 Å². The molecule has 0 fully saturated rings. The molecule has 8 aromatic carbocycles. The van der Waals surface area contributed by atoms with Crippen molar-refractivity contribution in [1.82, 2.24) is 4.98 Å². The Morgan fingerprint density at radius 1 is 0.227 bits per heavy atom. The lowest BCUT2D eigenvalue weighted by Gasteiger charge is -2.24. The van der Waals surface area contributed by atoms with Crippen LogP contribution in [0.3, 0.4) is 0 Å². The third-order valence-corrected chi connectivity index (χ3v) is 16.5. The van der Waals surface area contributed by atoms with Gasteiger partial charge < -0.3 is 0 Å². The summed E-state index contributed by atoms with van der Waals surface area (Å²) in [6.45, 7) is 19.0. The molecule has 0 saturated carbocycles. The van der Waals surface area contributed by atoms with Crippen LogP contribution in [0.2, 0.25) is 0 Å². The first-order chi connectivity index (χ1) is 31.7. The Morgan fingerprint density at radius 2 is 0.470 bits per heavy atom. The smallest absolute Gasteiger partial charge is 0.0709 e. The topological polar surface area (TPSA) is 12.9 Å². The Kier molecular flexibility index (Phi) is 7.90. The SMILES string of the molecule is CC1(C)c2ccccc2-c2ccc(-c3ccc4c(c3)C(C)(C)c3cc(-c5ccc6c(c5)C(C)(C)c5cc(-c7cccc(-c8ccc9c(c8)C(C)(C)c8ccccc8-9)n7)ccc5-6)ccc3-4)cc21. The van der Waals surface area contributed by atoms with Crippen LogP contribution in [0.25, 0.3) is 89.3 Å². The van der Waals surface area contributed by atoms with E-state index >= 15 is 0 Å². The quantitative estimate of drug-likeness (QED) is 0.172. The first-order valence-electron chi connectivity index (χ1n) is 23.8. The summed E-state index contributed by atoms with van der Waals surface area (Å²) in [7, 11) is 0. The molecule has 0 atom stereocenters. The summed E-state index contributed by atoms with van der Waals surface area (Å²) in [6, 6.07) is 66.8. The fraction of sp³-hybridized carbons (Fsp3) is 0.185. The normalized spacial score (nSPS) is 16.4. The van der Waals surface area contributed by atoms with Crippen molar-refractivity contribution in [3.8, 4) is 89.3 Å². The molecule has 13 rings (SSSR count). The van der Waals surface area contributed by atoms with Gasteiger partial charge in [0.2, 0.25) is 0 Å². The van der Waals surface area contributed by atoms with Gasteiger partial charge in [-0.1, -0.05) is 183 Å².